The van der Waals surface area contributed by atoms with Gasteiger partial charge in [-0.15, -0.1) is 0 Å². The number of aromatic nitrogens is 1. The summed E-state index contributed by atoms with van der Waals surface area (Å²) >= 11 is 5.72. The Labute approximate surface area is 198 Å². The van der Waals surface area contributed by atoms with Gasteiger partial charge in [0.25, 0.3) is 5.91 Å². The molecule has 0 spiro atoms. The number of fused-ring (bicyclic) bond motifs is 1. The maximum absolute atomic E-state index is 12.6. The van der Waals surface area contributed by atoms with E-state index in [1.54, 1.807) is 18.2 Å². The number of carbonyl (C=O) groups excluding carboxylic acids is 1. The Morgan fingerprint density at radius 2 is 2.00 bits per heavy atom. The number of nitro benzene ring substituents is 1. The summed E-state index contributed by atoms with van der Waals surface area (Å²) in [6, 6.07) is 14.9. The molecule has 0 aliphatic carbocycles. The van der Waals surface area contributed by atoms with Gasteiger partial charge in [0.15, 0.2) is 11.3 Å². The number of hydrogen-bond donors (Lipinski definition) is 1. The quantitative estimate of drug-likeness (QED) is 0.172. The van der Waals surface area contributed by atoms with Crippen molar-refractivity contribution in [3.8, 4) is 17.2 Å². The van der Waals surface area contributed by atoms with Crippen LogP contribution in [0.1, 0.15) is 10.4 Å². The van der Waals surface area contributed by atoms with Crippen LogP contribution in [0.25, 0.3) is 22.6 Å². The molecule has 0 bridgehead atoms. The molecule has 0 fully saturated rings. The van der Waals surface area contributed by atoms with Crippen molar-refractivity contribution >= 4 is 66.9 Å². The average molecular weight is 594 g/mol. The molecule has 8 nitrogen and oxygen atoms in total. The summed E-state index contributed by atoms with van der Waals surface area (Å²) in [6.45, 7) is 0. The molecule has 4 rings (SSSR count). The highest BCUT2D eigenvalue weighted by atomic mass is 127. The molecule has 0 radical (unpaired) electrons. The lowest BCUT2D eigenvalue weighted by Gasteiger charge is -2.06. The number of nitro groups is 1. The van der Waals surface area contributed by atoms with Crippen LogP contribution in [0.15, 0.2) is 63.5 Å². The third-order valence-electron chi connectivity index (χ3n) is 4.44. The zero-order chi connectivity index (χ0) is 22.1. The van der Waals surface area contributed by atoms with E-state index in [4.69, 9.17) is 9.15 Å². The lowest BCUT2D eigenvalue weighted by Crippen LogP contribution is -2.12. The molecule has 0 atom stereocenters. The fourth-order valence-corrected chi connectivity index (χ4v) is 3.87. The number of amides is 1. The summed E-state index contributed by atoms with van der Waals surface area (Å²) in [7, 11) is 1.33. The Kier molecular flexibility index (Phi) is 5.92. The van der Waals surface area contributed by atoms with Gasteiger partial charge in [-0.2, -0.15) is 0 Å². The Bertz CT molecular complexity index is 1340. The maximum atomic E-state index is 12.6. The highest BCUT2D eigenvalue weighted by Crippen LogP contribution is 2.32. The number of anilines is 1. The minimum absolute atomic E-state index is 0.0832. The lowest BCUT2D eigenvalue weighted by atomic mass is 10.1. The van der Waals surface area contributed by atoms with Gasteiger partial charge in [0.1, 0.15) is 5.52 Å². The molecule has 1 aromatic heterocycles. The first-order valence-corrected chi connectivity index (χ1v) is 10.7. The zero-order valence-corrected chi connectivity index (χ0v) is 19.6. The van der Waals surface area contributed by atoms with Crippen LogP contribution in [0, 0.1) is 13.7 Å². The minimum Gasteiger partial charge on any atom is -0.490 e. The Balaban J connectivity index is 1.62. The molecule has 0 unspecified atom stereocenters. The molecule has 3 aromatic carbocycles. The van der Waals surface area contributed by atoms with E-state index >= 15 is 0 Å². The van der Waals surface area contributed by atoms with Crippen molar-refractivity contribution in [1.29, 1.82) is 0 Å². The number of halogens is 2. The second kappa shape index (κ2) is 8.63. The highest BCUT2D eigenvalue weighted by molar-refractivity contribution is 14.1. The molecule has 0 saturated heterocycles. The van der Waals surface area contributed by atoms with E-state index < -0.39 is 10.8 Å². The Hall–Kier alpha value is -2.99. The first-order valence-electron chi connectivity index (χ1n) is 8.85. The number of hydrogen-bond acceptors (Lipinski definition) is 6. The molecule has 0 aliphatic rings. The number of rotatable bonds is 5. The summed E-state index contributed by atoms with van der Waals surface area (Å²) < 4.78 is 12.7. The standard InChI is InChI=1S/C21H13BrIN3O5/c1-30-19-6-2-11(8-17(19)26(28)29)20(27)24-13-4-7-18-16(10-13)25-21(31-18)14-9-12(23)3-5-15(14)22/h2-10H,1H3,(H,24,27). The van der Waals surface area contributed by atoms with Gasteiger partial charge >= 0.3 is 5.69 Å². The minimum atomic E-state index is -0.596. The number of carbonyl (C=O) groups is 1. The van der Waals surface area contributed by atoms with Gasteiger partial charge in [-0.25, -0.2) is 4.98 Å². The summed E-state index contributed by atoms with van der Waals surface area (Å²) in [5.41, 5.74) is 2.29. The SMILES string of the molecule is COc1ccc(C(=O)Nc2ccc3oc(-c4cc(I)ccc4Br)nc3c2)cc1[N+](=O)[O-]. The fourth-order valence-electron chi connectivity index (χ4n) is 2.96. The maximum Gasteiger partial charge on any atom is 0.311 e. The van der Waals surface area contributed by atoms with Crippen molar-refractivity contribution in [3.05, 3.63) is 78.3 Å². The van der Waals surface area contributed by atoms with Gasteiger partial charge in [-0.05, 0) is 87.1 Å². The van der Waals surface area contributed by atoms with E-state index in [1.165, 1.54) is 25.3 Å². The van der Waals surface area contributed by atoms with Crippen molar-refractivity contribution in [3.63, 3.8) is 0 Å². The molecular formula is C21H13BrIN3O5. The van der Waals surface area contributed by atoms with Gasteiger partial charge in [-0.1, -0.05) is 0 Å². The Morgan fingerprint density at radius 1 is 1.19 bits per heavy atom. The number of oxazole rings is 1. The van der Waals surface area contributed by atoms with Gasteiger partial charge in [0.2, 0.25) is 5.89 Å². The first-order chi connectivity index (χ1) is 14.9. The topological polar surface area (TPSA) is 108 Å². The molecule has 1 N–H and O–H groups in total. The van der Waals surface area contributed by atoms with Gasteiger partial charge in [-0.3, -0.25) is 14.9 Å². The van der Waals surface area contributed by atoms with E-state index in [-0.39, 0.29) is 17.0 Å². The van der Waals surface area contributed by atoms with Crippen LogP contribution >= 0.6 is 38.5 Å². The lowest BCUT2D eigenvalue weighted by molar-refractivity contribution is -0.385. The smallest absolute Gasteiger partial charge is 0.311 e. The molecule has 0 saturated carbocycles. The van der Waals surface area contributed by atoms with Crippen LogP contribution in [0.5, 0.6) is 5.75 Å². The van der Waals surface area contributed by atoms with E-state index in [9.17, 15) is 14.9 Å². The predicted octanol–water partition coefficient (Wildman–Crippen LogP) is 6.03. The van der Waals surface area contributed by atoms with E-state index in [1.807, 2.05) is 18.2 Å². The highest BCUT2D eigenvalue weighted by Gasteiger charge is 2.19. The summed E-state index contributed by atoms with van der Waals surface area (Å²) in [6.07, 6.45) is 0. The first kappa shape index (κ1) is 21.2. The van der Waals surface area contributed by atoms with Crippen molar-refractivity contribution in [2.45, 2.75) is 0 Å². The molecule has 4 aromatic rings. The van der Waals surface area contributed by atoms with Crippen LogP contribution < -0.4 is 10.1 Å². The molecule has 156 valence electrons. The zero-order valence-electron chi connectivity index (χ0n) is 15.9. The van der Waals surface area contributed by atoms with Crippen molar-refractivity contribution in [2.75, 3.05) is 12.4 Å². The number of nitrogens with zero attached hydrogens (tertiary/aromatic N) is 2. The van der Waals surface area contributed by atoms with E-state index in [2.05, 4.69) is 48.8 Å². The van der Waals surface area contributed by atoms with E-state index in [0.29, 0.717) is 22.7 Å². The molecule has 1 amide bonds. The van der Waals surface area contributed by atoms with Crippen LogP contribution in [-0.2, 0) is 0 Å². The van der Waals surface area contributed by atoms with Crippen molar-refractivity contribution in [2.24, 2.45) is 0 Å². The number of nitrogens with one attached hydrogen (secondary N) is 1. The van der Waals surface area contributed by atoms with Gasteiger partial charge < -0.3 is 14.5 Å². The largest absolute Gasteiger partial charge is 0.490 e. The number of ether oxygens (including phenoxy) is 1. The van der Waals surface area contributed by atoms with Gasteiger partial charge in [0.05, 0.1) is 17.6 Å². The van der Waals surface area contributed by atoms with Crippen LogP contribution in [-0.4, -0.2) is 22.9 Å². The van der Waals surface area contributed by atoms with Crippen LogP contribution in [0.4, 0.5) is 11.4 Å². The van der Waals surface area contributed by atoms with Crippen molar-refractivity contribution in [1.82, 2.24) is 4.98 Å². The summed E-state index contributed by atoms with van der Waals surface area (Å²) in [5.74, 6) is 0.0451. The summed E-state index contributed by atoms with van der Waals surface area (Å²) in [4.78, 5) is 27.7. The number of methoxy groups -OCH3 is 1. The van der Waals surface area contributed by atoms with E-state index in [0.717, 1.165) is 13.6 Å². The number of benzene rings is 3. The third-order valence-corrected chi connectivity index (χ3v) is 5.80. The fraction of sp³-hybridized carbons (Fsp3) is 0.0476. The molecule has 1 heterocycles. The van der Waals surface area contributed by atoms with Crippen LogP contribution in [0.3, 0.4) is 0 Å². The average Bonchev–Trinajstić information content (AvgIpc) is 3.18. The van der Waals surface area contributed by atoms with Crippen LogP contribution in [0.2, 0.25) is 0 Å². The molecule has 10 heteroatoms. The molecule has 0 aliphatic heterocycles. The molecule has 31 heavy (non-hydrogen) atoms. The van der Waals surface area contributed by atoms with Crippen molar-refractivity contribution < 1.29 is 18.9 Å². The monoisotopic (exact) mass is 593 g/mol. The van der Waals surface area contributed by atoms with Gasteiger partial charge in [0, 0.05) is 25.4 Å². The normalized spacial score (nSPS) is 10.8. The second-order valence-corrected chi connectivity index (χ2v) is 8.52. The Morgan fingerprint density at radius 3 is 2.74 bits per heavy atom. The third kappa shape index (κ3) is 4.39. The molecular weight excluding hydrogens is 581 g/mol. The predicted molar refractivity (Wildman–Crippen MR) is 127 cm³/mol. The second-order valence-electron chi connectivity index (χ2n) is 6.42. The summed E-state index contributed by atoms with van der Waals surface area (Å²) in [5, 5.41) is 13.9.